The number of benzene rings is 1. The van der Waals surface area contributed by atoms with Crippen molar-refractivity contribution in [3.63, 3.8) is 0 Å². The van der Waals surface area contributed by atoms with Gasteiger partial charge < -0.3 is 5.11 Å². The van der Waals surface area contributed by atoms with Crippen molar-refractivity contribution in [2.75, 3.05) is 0 Å². The van der Waals surface area contributed by atoms with Crippen LogP contribution in [0, 0.1) is 13.8 Å². The molecular weight excluding hydrogens is 226 g/mol. The molecule has 0 spiro atoms. The monoisotopic (exact) mass is 237 g/mol. The van der Waals surface area contributed by atoms with E-state index in [1.165, 1.54) is 0 Å². The Balaban J connectivity index is 0.00000128. The van der Waals surface area contributed by atoms with Gasteiger partial charge in [-0.2, -0.15) is 0 Å². The normalized spacial score (nSPS) is 9.88. The minimum atomic E-state index is -0.927. The summed E-state index contributed by atoms with van der Waals surface area (Å²) in [6, 6.07) is 7.49. The molecule has 0 saturated carbocycles. The molecule has 0 unspecified atom stereocenters. The molecule has 0 amide bonds. The second-order valence-corrected chi connectivity index (χ2v) is 3.62. The molecule has 0 atom stereocenters. The summed E-state index contributed by atoms with van der Waals surface area (Å²) in [6.07, 6.45) is 0. The maximum Gasteiger partial charge on any atom is 0.337 e. The lowest BCUT2D eigenvalue weighted by molar-refractivity contribution is 0.0696. The fraction of sp³-hybridized carbons (Fsp3) is 0.167. The number of carboxylic acid groups (broad SMARTS) is 1. The van der Waals surface area contributed by atoms with Gasteiger partial charge >= 0.3 is 5.97 Å². The summed E-state index contributed by atoms with van der Waals surface area (Å²) in [5.74, 6) is -0.927. The predicted molar refractivity (Wildman–Crippen MR) is 65.4 cm³/mol. The standard InChI is InChI=1S/C12H11NO2.ClH/c1-7-3-4-11-9(5-7)6-10(12(14)15)8(2)13-11;/h3-6H,1-2H3,(H,14,15);1H. The Labute approximate surface area is 99.5 Å². The van der Waals surface area contributed by atoms with E-state index in [1.807, 2.05) is 25.1 Å². The van der Waals surface area contributed by atoms with Gasteiger partial charge in [-0.1, -0.05) is 11.6 Å². The van der Waals surface area contributed by atoms with Gasteiger partial charge in [0, 0.05) is 5.39 Å². The fourth-order valence-electron chi connectivity index (χ4n) is 1.61. The highest BCUT2D eigenvalue weighted by Gasteiger charge is 2.09. The van der Waals surface area contributed by atoms with Crippen LogP contribution in [0.5, 0.6) is 0 Å². The number of carbonyl (C=O) groups is 1. The lowest BCUT2D eigenvalue weighted by Crippen LogP contribution is -2.01. The van der Waals surface area contributed by atoms with Gasteiger partial charge in [0.05, 0.1) is 16.8 Å². The highest BCUT2D eigenvalue weighted by molar-refractivity contribution is 5.94. The Morgan fingerprint density at radius 2 is 1.94 bits per heavy atom. The smallest absolute Gasteiger partial charge is 0.337 e. The maximum atomic E-state index is 10.9. The summed E-state index contributed by atoms with van der Waals surface area (Å²) in [5.41, 5.74) is 2.76. The quantitative estimate of drug-likeness (QED) is 0.830. The van der Waals surface area contributed by atoms with Crippen LogP contribution in [0.2, 0.25) is 0 Å². The number of pyridine rings is 1. The summed E-state index contributed by atoms with van der Waals surface area (Å²) in [7, 11) is 0. The lowest BCUT2D eigenvalue weighted by Gasteiger charge is -2.04. The van der Waals surface area contributed by atoms with E-state index in [4.69, 9.17) is 5.11 Å². The summed E-state index contributed by atoms with van der Waals surface area (Å²) in [4.78, 5) is 15.2. The maximum absolute atomic E-state index is 10.9. The van der Waals surface area contributed by atoms with Gasteiger partial charge in [-0.25, -0.2) is 4.79 Å². The topological polar surface area (TPSA) is 50.2 Å². The van der Waals surface area contributed by atoms with Gasteiger partial charge in [0.15, 0.2) is 0 Å². The Bertz CT molecular complexity index is 552. The van der Waals surface area contributed by atoms with Gasteiger partial charge in [0.1, 0.15) is 0 Å². The van der Waals surface area contributed by atoms with E-state index in [0.717, 1.165) is 16.5 Å². The summed E-state index contributed by atoms with van der Waals surface area (Å²) in [5, 5.41) is 9.83. The highest BCUT2D eigenvalue weighted by atomic mass is 35.5. The van der Waals surface area contributed by atoms with Crippen LogP contribution in [0.3, 0.4) is 0 Å². The number of fused-ring (bicyclic) bond motifs is 1. The summed E-state index contributed by atoms with van der Waals surface area (Å²) >= 11 is 0. The number of aromatic carboxylic acids is 1. The van der Waals surface area contributed by atoms with Gasteiger partial charge in [-0.15, -0.1) is 12.4 Å². The molecule has 0 aliphatic carbocycles. The molecule has 1 aromatic heterocycles. The Hall–Kier alpha value is -1.61. The van der Waals surface area contributed by atoms with Gasteiger partial charge in [0.2, 0.25) is 0 Å². The minimum Gasteiger partial charge on any atom is -0.478 e. The van der Waals surface area contributed by atoms with Crippen LogP contribution >= 0.6 is 12.4 Å². The Morgan fingerprint density at radius 3 is 2.56 bits per heavy atom. The van der Waals surface area contributed by atoms with Gasteiger partial charge in [-0.05, 0) is 32.0 Å². The van der Waals surface area contributed by atoms with Gasteiger partial charge in [-0.3, -0.25) is 4.98 Å². The molecule has 84 valence electrons. The zero-order valence-electron chi connectivity index (χ0n) is 9.02. The average Bonchev–Trinajstić information content (AvgIpc) is 2.17. The number of halogens is 1. The number of aromatic nitrogens is 1. The molecule has 3 nitrogen and oxygen atoms in total. The first-order valence-electron chi connectivity index (χ1n) is 4.69. The SMILES string of the molecule is Cc1ccc2nc(C)c(C(=O)O)cc2c1.Cl. The van der Waals surface area contributed by atoms with Crippen molar-refractivity contribution in [3.8, 4) is 0 Å². The van der Waals surface area contributed by atoms with Crippen molar-refractivity contribution in [1.29, 1.82) is 0 Å². The number of hydrogen-bond donors (Lipinski definition) is 1. The van der Waals surface area contributed by atoms with Crippen molar-refractivity contribution in [1.82, 2.24) is 4.98 Å². The third-order valence-electron chi connectivity index (χ3n) is 2.39. The number of carboxylic acids is 1. The molecule has 0 fully saturated rings. The molecule has 0 radical (unpaired) electrons. The molecule has 1 N–H and O–H groups in total. The summed E-state index contributed by atoms with van der Waals surface area (Å²) < 4.78 is 0. The summed E-state index contributed by atoms with van der Waals surface area (Å²) in [6.45, 7) is 3.68. The molecular formula is C12H12ClNO2. The number of nitrogens with zero attached hydrogens (tertiary/aromatic N) is 1. The van der Waals surface area contributed by atoms with Crippen molar-refractivity contribution in [3.05, 3.63) is 41.1 Å². The van der Waals surface area contributed by atoms with Crippen molar-refractivity contribution >= 4 is 29.3 Å². The van der Waals surface area contributed by atoms with E-state index in [1.54, 1.807) is 13.0 Å². The van der Waals surface area contributed by atoms with Crippen LogP contribution in [-0.2, 0) is 0 Å². The number of rotatable bonds is 1. The van der Waals surface area contributed by atoms with Crippen molar-refractivity contribution in [2.24, 2.45) is 0 Å². The Kier molecular flexibility index (Phi) is 3.50. The molecule has 1 heterocycles. The zero-order chi connectivity index (χ0) is 11.0. The molecule has 0 aliphatic rings. The molecule has 1 aromatic carbocycles. The number of hydrogen-bond acceptors (Lipinski definition) is 2. The first kappa shape index (κ1) is 12.5. The van der Waals surface area contributed by atoms with Crippen LogP contribution in [-0.4, -0.2) is 16.1 Å². The zero-order valence-corrected chi connectivity index (χ0v) is 9.84. The molecule has 0 saturated heterocycles. The third kappa shape index (κ3) is 2.14. The molecule has 16 heavy (non-hydrogen) atoms. The molecule has 4 heteroatoms. The second kappa shape index (κ2) is 4.49. The minimum absolute atomic E-state index is 0. The first-order chi connectivity index (χ1) is 7.08. The van der Waals surface area contributed by atoms with Crippen LogP contribution in [0.25, 0.3) is 10.9 Å². The predicted octanol–water partition coefficient (Wildman–Crippen LogP) is 2.97. The van der Waals surface area contributed by atoms with Crippen LogP contribution < -0.4 is 0 Å². The van der Waals surface area contributed by atoms with Crippen LogP contribution in [0.4, 0.5) is 0 Å². The van der Waals surface area contributed by atoms with Crippen LogP contribution in [0.1, 0.15) is 21.6 Å². The first-order valence-corrected chi connectivity index (χ1v) is 4.69. The van der Waals surface area contributed by atoms with Crippen LogP contribution in [0.15, 0.2) is 24.3 Å². The Morgan fingerprint density at radius 1 is 1.25 bits per heavy atom. The number of aryl methyl sites for hydroxylation is 2. The molecule has 2 aromatic rings. The van der Waals surface area contributed by atoms with Crippen molar-refractivity contribution < 1.29 is 9.90 Å². The van der Waals surface area contributed by atoms with E-state index in [2.05, 4.69) is 4.98 Å². The third-order valence-corrected chi connectivity index (χ3v) is 2.39. The highest BCUT2D eigenvalue weighted by Crippen LogP contribution is 2.17. The second-order valence-electron chi connectivity index (χ2n) is 3.62. The molecule has 0 bridgehead atoms. The van der Waals surface area contributed by atoms with E-state index < -0.39 is 5.97 Å². The van der Waals surface area contributed by atoms with Crippen molar-refractivity contribution in [2.45, 2.75) is 13.8 Å². The van der Waals surface area contributed by atoms with E-state index >= 15 is 0 Å². The van der Waals surface area contributed by atoms with E-state index in [0.29, 0.717) is 5.69 Å². The molecule has 0 aliphatic heterocycles. The van der Waals surface area contributed by atoms with Gasteiger partial charge in [0.25, 0.3) is 0 Å². The lowest BCUT2D eigenvalue weighted by atomic mass is 10.1. The van der Waals surface area contributed by atoms with E-state index in [9.17, 15) is 4.79 Å². The average molecular weight is 238 g/mol. The van der Waals surface area contributed by atoms with E-state index in [-0.39, 0.29) is 18.0 Å². The molecule has 2 rings (SSSR count). The fourth-order valence-corrected chi connectivity index (χ4v) is 1.61. The largest absolute Gasteiger partial charge is 0.478 e.